The molecule has 2 aromatic carbocycles. The van der Waals surface area contributed by atoms with E-state index in [0.29, 0.717) is 25.4 Å². The maximum Gasteiger partial charge on any atom is 0.327 e. The molecule has 0 aliphatic carbocycles. The summed E-state index contributed by atoms with van der Waals surface area (Å²) in [5.74, 6) is 0.142. The molecule has 0 fully saturated rings. The van der Waals surface area contributed by atoms with Crippen molar-refractivity contribution in [3.8, 4) is 28.5 Å². The Hall–Kier alpha value is -3.23. The van der Waals surface area contributed by atoms with Crippen LogP contribution in [0, 0.1) is 0 Å². The number of aromatic hydroxyl groups is 1. The number of rotatable bonds is 12. The third kappa shape index (κ3) is 8.28. The number of hydrogen-bond acceptors (Lipinski definition) is 8. The van der Waals surface area contributed by atoms with Crippen LogP contribution in [0.25, 0.3) is 11.3 Å². The summed E-state index contributed by atoms with van der Waals surface area (Å²) >= 11 is 0. The number of aromatic nitrogens is 3. The number of nitrogens with zero attached hydrogens (tertiary/aromatic N) is 3. The molecule has 0 aliphatic heterocycles. The number of methoxy groups -OCH3 is 1. The van der Waals surface area contributed by atoms with Crippen LogP contribution in [0.15, 0.2) is 60.8 Å². The van der Waals surface area contributed by atoms with E-state index in [1.807, 2.05) is 44.2 Å². The molecule has 8 heteroatoms. The molecule has 1 N–H and O–H groups in total. The second-order valence-corrected chi connectivity index (χ2v) is 7.28. The molecule has 0 spiro atoms. The van der Waals surface area contributed by atoms with E-state index in [-0.39, 0.29) is 5.75 Å². The van der Waals surface area contributed by atoms with Gasteiger partial charge < -0.3 is 24.1 Å². The van der Waals surface area contributed by atoms with Crippen molar-refractivity contribution in [1.82, 2.24) is 15.4 Å². The van der Waals surface area contributed by atoms with E-state index in [9.17, 15) is 5.11 Å². The van der Waals surface area contributed by atoms with Gasteiger partial charge in [-0.3, -0.25) is 0 Å². The van der Waals surface area contributed by atoms with Gasteiger partial charge in [0.2, 0.25) is 0 Å². The van der Waals surface area contributed by atoms with Crippen molar-refractivity contribution < 1.29 is 24.1 Å². The highest BCUT2D eigenvalue weighted by atomic mass is 16.9. The molecule has 3 rings (SSSR count). The first-order valence-electron chi connectivity index (χ1n) is 11.6. The zero-order chi connectivity index (χ0) is 24.7. The number of unbranched alkanes of at least 4 members (excludes halogenated alkanes) is 2. The van der Waals surface area contributed by atoms with E-state index in [2.05, 4.69) is 22.3 Å². The maximum absolute atomic E-state index is 9.85. The summed E-state index contributed by atoms with van der Waals surface area (Å²) in [4.78, 5) is 0. The first-order valence-corrected chi connectivity index (χ1v) is 11.6. The van der Waals surface area contributed by atoms with Gasteiger partial charge in [0.1, 0.15) is 11.4 Å². The zero-order valence-corrected chi connectivity index (χ0v) is 20.4. The second kappa shape index (κ2) is 14.8. The highest BCUT2D eigenvalue weighted by Gasteiger charge is 2.34. The highest BCUT2D eigenvalue weighted by Crippen LogP contribution is 2.32. The molecular weight excluding hydrogens is 434 g/mol. The van der Waals surface area contributed by atoms with Crippen LogP contribution < -0.4 is 9.47 Å². The van der Waals surface area contributed by atoms with Crippen molar-refractivity contribution in [1.29, 1.82) is 0 Å². The lowest BCUT2D eigenvalue weighted by atomic mass is 10.1. The van der Waals surface area contributed by atoms with E-state index < -0.39 is 5.97 Å². The van der Waals surface area contributed by atoms with Gasteiger partial charge in [0.05, 0.1) is 26.5 Å². The van der Waals surface area contributed by atoms with Gasteiger partial charge in [-0.1, -0.05) is 44.0 Å². The average molecular weight is 470 g/mol. The molecule has 0 aliphatic rings. The standard InChI is InChI=1S/C16H26O4.C10H9N3O/c1-4-7-10-13-16(18-5-2,19-6-3)20-15-12-9-8-11-14(15)17;1-14-10-5-3-2-4-8(10)9-6-7-11-13-12-9/h8-9,11-12,17H,4-7,10,13H2,1-3H3;2-7H,1H3. The summed E-state index contributed by atoms with van der Waals surface area (Å²) in [5, 5.41) is 21.0. The molecule has 3 aromatic rings. The van der Waals surface area contributed by atoms with Gasteiger partial charge in [0, 0.05) is 12.0 Å². The van der Waals surface area contributed by atoms with Gasteiger partial charge in [-0.2, -0.15) is 0 Å². The lowest BCUT2D eigenvalue weighted by Crippen LogP contribution is -2.42. The van der Waals surface area contributed by atoms with Crippen molar-refractivity contribution in [3.63, 3.8) is 0 Å². The molecule has 184 valence electrons. The summed E-state index contributed by atoms with van der Waals surface area (Å²) in [6.45, 7) is 6.93. The number of phenols is 1. The van der Waals surface area contributed by atoms with Crippen molar-refractivity contribution in [3.05, 3.63) is 60.8 Å². The molecule has 0 unspecified atom stereocenters. The highest BCUT2D eigenvalue weighted by molar-refractivity contribution is 5.66. The number of benzene rings is 2. The van der Waals surface area contributed by atoms with Gasteiger partial charge in [-0.15, -0.1) is 10.2 Å². The number of para-hydroxylation sites is 3. The third-order valence-electron chi connectivity index (χ3n) is 4.83. The van der Waals surface area contributed by atoms with E-state index in [1.165, 1.54) is 0 Å². The normalized spacial score (nSPS) is 10.8. The largest absolute Gasteiger partial charge is 0.504 e. The quantitative estimate of drug-likeness (QED) is 0.269. The van der Waals surface area contributed by atoms with Crippen molar-refractivity contribution in [2.45, 2.75) is 52.4 Å². The predicted molar refractivity (Wildman–Crippen MR) is 131 cm³/mol. The molecule has 0 saturated heterocycles. The van der Waals surface area contributed by atoms with Gasteiger partial charge in [0.15, 0.2) is 11.5 Å². The Morgan fingerprint density at radius 1 is 0.853 bits per heavy atom. The molecule has 0 bridgehead atoms. The lowest BCUT2D eigenvalue weighted by molar-refractivity contribution is -0.344. The fourth-order valence-electron chi connectivity index (χ4n) is 3.28. The zero-order valence-electron chi connectivity index (χ0n) is 20.4. The Balaban J connectivity index is 0.000000254. The fraction of sp³-hybridized carbons (Fsp3) is 0.423. The Morgan fingerprint density at radius 2 is 1.53 bits per heavy atom. The minimum absolute atomic E-state index is 0.0896. The minimum atomic E-state index is -1.11. The first kappa shape index (κ1) is 27.0. The van der Waals surface area contributed by atoms with Crippen LogP contribution in [0.3, 0.4) is 0 Å². The summed E-state index contributed by atoms with van der Waals surface area (Å²) in [6.07, 6.45) is 5.40. The Morgan fingerprint density at radius 3 is 2.12 bits per heavy atom. The third-order valence-corrected chi connectivity index (χ3v) is 4.83. The maximum atomic E-state index is 9.85. The Labute approximate surface area is 201 Å². The van der Waals surface area contributed by atoms with Crippen LogP contribution in [0.4, 0.5) is 0 Å². The van der Waals surface area contributed by atoms with Crippen molar-refractivity contribution >= 4 is 0 Å². The number of phenolic OH excluding ortho intramolecular Hbond substituents is 1. The average Bonchev–Trinajstić information content (AvgIpc) is 2.87. The van der Waals surface area contributed by atoms with Gasteiger partial charge in [0.25, 0.3) is 0 Å². The van der Waals surface area contributed by atoms with Crippen LogP contribution in [0.1, 0.15) is 46.5 Å². The van der Waals surface area contributed by atoms with Crippen LogP contribution in [0.5, 0.6) is 17.2 Å². The molecule has 1 heterocycles. The second-order valence-electron chi connectivity index (χ2n) is 7.28. The number of hydrogen-bond donors (Lipinski definition) is 1. The van der Waals surface area contributed by atoms with Crippen molar-refractivity contribution in [2.75, 3.05) is 20.3 Å². The van der Waals surface area contributed by atoms with Crippen LogP contribution >= 0.6 is 0 Å². The first-order chi connectivity index (χ1) is 16.6. The van der Waals surface area contributed by atoms with E-state index in [1.54, 1.807) is 37.6 Å². The number of ether oxygens (including phenoxy) is 4. The molecular formula is C26H35N3O5. The molecule has 0 radical (unpaired) electrons. The molecule has 0 atom stereocenters. The molecule has 8 nitrogen and oxygen atoms in total. The van der Waals surface area contributed by atoms with E-state index in [0.717, 1.165) is 36.3 Å². The van der Waals surface area contributed by atoms with Gasteiger partial charge in [-0.25, -0.2) is 0 Å². The van der Waals surface area contributed by atoms with E-state index in [4.69, 9.17) is 18.9 Å². The van der Waals surface area contributed by atoms with Crippen LogP contribution in [0.2, 0.25) is 0 Å². The van der Waals surface area contributed by atoms with Crippen molar-refractivity contribution in [2.24, 2.45) is 0 Å². The monoisotopic (exact) mass is 469 g/mol. The summed E-state index contributed by atoms with van der Waals surface area (Å²) in [7, 11) is 1.63. The van der Waals surface area contributed by atoms with Crippen LogP contribution in [-0.4, -0.2) is 46.8 Å². The molecule has 34 heavy (non-hydrogen) atoms. The molecule has 0 saturated carbocycles. The smallest absolute Gasteiger partial charge is 0.327 e. The minimum Gasteiger partial charge on any atom is -0.504 e. The topological polar surface area (TPSA) is 95.8 Å². The predicted octanol–water partition coefficient (Wildman–Crippen LogP) is 5.63. The fourth-order valence-corrected chi connectivity index (χ4v) is 3.28. The lowest BCUT2D eigenvalue weighted by Gasteiger charge is -2.33. The summed E-state index contributed by atoms with van der Waals surface area (Å²) in [6, 6.07) is 16.3. The van der Waals surface area contributed by atoms with E-state index >= 15 is 0 Å². The SMILES string of the molecule is CCCCCC(OCC)(OCC)Oc1ccccc1O.COc1ccccc1-c1ccnnn1. The summed E-state index contributed by atoms with van der Waals surface area (Å²) in [5.41, 5.74) is 1.68. The van der Waals surface area contributed by atoms with Gasteiger partial charge in [-0.05, 0) is 55.8 Å². The summed E-state index contributed by atoms with van der Waals surface area (Å²) < 4.78 is 22.5. The Bertz CT molecular complexity index is 950. The van der Waals surface area contributed by atoms with Crippen LogP contribution in [-0.2, 0) is 9.47 Å². The Kier molecular flexibility index (Phi) is 11.8. The molecule has 1 aromatic heterocycles. The van der Waals surface area contributed by atoms with Gasteiger partial charge >= 0.3 is 5.97 Å². The molecule has 0 amide bonds.